The lowest BCUT2D eigenvalue weighted by atomic mass is 9.93. The maximum Gasteiger partial charge on any atom is 0.248 e. The van der Waals surface area contributed by atoms with E-state index >= 15 is 0 Å². The van der Waals surface area contributed by atoms with E-state index in [1.54, 1.807) is 6.92 Å². The van der Waals surface area contributed by atoms with Crippen molar-refractivity contribution in [1.82, 2.24) is 4.90 Å². The number of nitrogens with zero attached hydrogens (tertiary/aromatic N) is 1. The van der Waals surface area contributed by atoms with Gasteiger partial charge in [-0.2, -0.15) is 0 Å². The molecule has 4 nitrogen and oxygen atoms in total. The minimum Gasteiger partial charge on any atom is -0.393 e. The normalized spacial score (nSPS) is 23.2. The third-order valence-corrected chi connectivity index (χ3v) is 3.07. The summed E-state index contributed by atoms with van der Waals surface area (Å²) in [5, 5.41) is 9.52. The molecule has 1 N–H and O–H groups in total. The standard InChI is InChI=1S/C12H23NO3/c1-3-7-16-9-12(15)13-6-4-5-11(8-13)10(2)14/h10-11,14H,3-9H2,1-2H3. The molecule has 1 aliphatic rings. The van der Waals surface area contributed by atoms with Crippen LogP contribution >= 0.6 is 0 Å². The maximum absolute atomic E-state index is 11.8. The Morgan fingerprint density at radius 3 is 3.00 bits per heavy atom. The van der Waals surface area contributed by atoms with Crippen molar-refractivity contribution in [3.63, 3.8) is 0 Å². The topological polar surface area (TPSA) is 49.8 Å². The number of hydrogen-bond donors (Lipinski definition) is 1. The molecule has 1 aliphatic heterocycles. The third-order valence-electron chi connectivity index (χ3n) is 3.07. The number of ether oxygens (including phenoxy) is 1. The molecule has 0 aromatic rings. The van der Waals surface area contributed by atoms with Crippen molar-refractivity contribution in [2.24, 2.45) is 5.92 Å². The lowest BCUT2D eigenvalue weighted by Gasteiger charge is -2.34. The number of likely N-dealkylation sites (tertiary alicyclic amines) is 1. The molecule has 1 amide bonds. The van der Waals surface area contributed by atoms with Crippen LogP contribution < -0.4 is 0 Å². The summed E-state index contributed by atoms with van der Waals surface area (Å²) in [7, 11) is 0. The molecule has 0 saturated carbocycles. The zero-order valence-electron chi connectivity index (χ0n) is 10.3. The Balaban J connectivity index is 2.32. The largest absolute Gasteiger partial charge is 0.393 e. The van der Waals surface area contributed by atoms with Gasteiger partial charge in [-0.15, -0.1) is 0 Å². The van der Waals surface area contributed by atoms with Gasteiger partial charge in [0.2, 0.25) is 5.91 Å². The predicted octanol–water partition coefficient (Wildman–Crippen LogP) is 1.03. The molecule has 1 saturated heterocycles. The van der Waals surface area contributed by atoms with E-state index < -0.39 is 0 Å². The molecule has 2 atom stereocenters. The van der Waals surface area contributed by atoms with Gasteiger partial charge in [-0.3, -0.25) is 4.79 Å². The van der Waals surface area contributed by atoms with Crippen molar-refractivity contribution in [3.05, 3.63) is 0 Å². The Bertz CT molecular complexity index is 218. The quantitative estimate of drug-likeness (QED) is 0.716. The molecular weight excluding hydrogens is 206 g/mol. The highest BCUT2D eigenvalue weighted by Crippen LogP contribution is 2.19. The first kappa shape index (κ1) is 13.5. The molecule has 16 heavy (non-hydrogen) atoms. The first-order chi connectivity index (χ1) is 7.65. The second kappa shape index (κ2) is 6.86. The van der Waals surface area contributed by atoms with Gasteiger partial charge in [0.25, 0.3) is 0 Å². The summed E-state index contributed by atoms with van der Waals surface area (Å²) < 4.78 is 5.24. The van der Waals surface area contributed by atoms with E-state index in [-0.39, 0.29) is 24.5 Å². The number of amides is 1. The summed E-state index contributed by atoms with van der Waals surface area (Å²) in [5.74, 6) is 0.280. The van der Waals surface area contributed by atoms with Gasteiger partial charge < -0.3 is 14.7 Å². The highest BCUT2D eigenvalue weighted by atomic mass is 16.5. The van der Waals surface area contributed by atoms with Crippen LogP contribution in [0, 0.1) is 5.92 Å². The van der Waals surface area contributed by atoms with E-state index in [1.807, 2.05) is 11.8 Å². The molecule has 0 aromatic heterocycles. The summed E-state index contributed by atoms with van der Waals surface area (Å²) in [4.78, 5) is 13.6. The van der Waals surface area contributed by atoms with Gasteiger partial charge in [0.1, 0.15) is 6.61 Å². The number of hydrogen-bond acceptors (Lipinski definition) is 3. The molecule has 0 radical (unpaired) electrons. The number of piperidine rings is 1. The van der Waals surface area contributed by atoms with Gasteiger partial charge in [0.05, 0.1) is 6.10 Å². The zero-order chi connectivity index (χ0) is 12.0. The van der Waals surface area contributed by atoms with Crippen LogP contribution in [0.3, 0.4) is 0 Å². The van der Waals surface area contributed by atoms with Gasteiger partial charge in [-0.25, -0.2) is 0 Å². The molecule has 1 rings (SSSR count). The third kappa shape index (κ3) is 4.10. The molecule has 1 fully saturated rings. The lowest BCUT2D eigenvalue weighted by molar-refractivity contribution is -0.138. The van der Waals surface area contributed by atoms with E-state index in [2.05, 4.69) is 0 Å². The Morgan fingerprint density at radius 2 is 2.38 bits per heavy atom. The predicted molar refractivity (Wildman–Crippen MR) is 62.1 cm³/mol. The highest BCUT2D eigenvalue weighted by Gasteiger charge is 2.26. The van der Waals surface area contributed by atoms with E-state index in [0.29, 0.717) is 13.2 Å². The summed E-state index contributed by atoms with van der Waals surface area (Å²) in [5.41, 5.74) is 0. The molecular formula is C12H23NO3. The van der Waals surface area contributed by atoms with Crippen LogP contribution in [0.2, 0.25) is 0 Å². The minimum absolute atomic E-state index is 0.0544. The van der Waals surface area contributed by atoms with Crippen LogP contribution in [0.15, 0.2) is 0 Å². The van der Waals surface area contributed by atoms with Crippen molar-refractivity contribution in [3.8, 4) is 0 Å². The average Bonchev–Trinajstić information content (AvgIpc) is 2.29. The Labute approximate surface area is 97.6 Å². The van der Waals surface area contributed by atoms with E-state index in [1.165, 1.54) is 0 Å². The Morgan fingerprint density at radius 1 is 1.62 bits per heavy atom. The number of carbonyl (C=O) groups excluding carboxylic acids is 1. The molecule has 0 bridgehead atoms. The summed E-state index contributed by atoms with van der Waals surface area (Å²) in [6.07, 6.45) is 2.60. The van der Waals surface area contributed by atoms with Gasteiger partial charge >= 0.3 is 0 Å². The fourth-order valence-electron chi connectivity index (χ4n) is 2.03. The van der Waals surface area contributed by atoms with Crippen molar-refractivity contribution >= 4 is 5.91 Å². The second-order valence-corrected chi connectivity index (χ2v) is 4.54. The van der Waals surface area contributed by atoms with Crippen LogP contribution in [0.25, 0.3) is 0 Å². The summed E-state index contributed by atoms with van der Waals surface area (Å²) in [6.45, 7) is 6.12. The van der Waals surface area contributed by atoms with E-state index in [9.17, 15) is 9.90 Å². The van der Waals surface area contributed by atoms with Crippen LogP contribution in [0.5, 0.6) is 0 Å². The van der Waals surface area contributed by atoms with Gasteiger partial charge in [0.15, 0.2) is 0 Å². The SMILES string of the molecule is CCCOCC(=O)N1CCCC(C(C)O)C1. The molecule has 4 heteroatoms. The zero-order valence-corrected chi connectivity index (χ0v) is 10.3. The number of aliphatic hydroxyl groups excluding tert-OH is 1. The molecule has 1 heterocycles. The molecule has 2 unspecified atom stereocenters. The monoisotopic (exact) mass is 229 g/mol. The number of carbonyl (C=O) groups is 1. The second-order valence-electron chi connectivity index (χ2n) is 4.54. The highest BCUT2D eigenvalue weighted by molar-refractivity contribution is 5.77. The van der Waals surface area contributed by atoms with Crippen LogP contribution in [0.4, 0.5) is 0 Å². The van der Waals surface area contributed by atoms with Crippen molar-refractivity contribution in [2.45, 2.75) is 39.2 Å². The van der Waals surface area contributed by atoms with Gasteiger partial charge in [-0.1, -0.05) is 6.92 Å². The first-order valence-corrected chi connectivity index (χ1v) is 6.18. The Hall–Kier alpha value is -0.610. The fraction of sp³-hybridized carbons (Fsp3) is 0.917. The van der Waals surface area contributed by atoms with E-state index in [4.69, 9.17) is 4.74 Å². The summed E-state index contributed by atoms with van der Waals surface area (Å²) in [6, 6.07) is 0. The van der Waals surface area contributed by atoms with Crippen LogP contribution in [-0.4, -0.2) is 48.3 Å². The van der Waals surface area contributed by atoms with Gasteiger partial charge in [-0.05, 0) is 26.2 Å². The molecule has 0 spiro atoms. The van der Waals surface area contributed by atoms with Crippen molar-refractivity contribution < 1.29 is 14.6 Å². The minimum atomic E-state index is -0.327. The van der Waals surface area contributed by atoms with Crippen molar-refractivity contribution in [1.29, 1.82) is 0 Å². The molecule has 0 aliphatic carbocycles. The molecule has 0 aromatic carbocycles. The maximum atomic E-state index is 11.8. The van der Waals surface area contributed by atoms with E-state index in [0.717, 1.165) is 25.8 Å². The molecule has 94 valence electrons. The lowest BCUT2D eigenvalue weighted by Crippen LogP contribution is -2.44. The summed E-state index contributed by atoms with van der Waals surface area (Å²) >= 11 is 0. The van der Waals surface area contributed by atoms with Crippen LogP contribution in [-0.2, 0) is 9.53 Å². The van der Waals surface area contributed by atoms with Crippen molar-refractivity contribution in [2.75, 3.05) is 26.3 Å². The van der Waals surface area contributed by atoms with Crippen LogP contribution in [0.1, 0.15) is 33.1 Å². The fourth-order valence-corrected chi connectivity index (χ4v) is 2.03. The number of aliphatic hydroxyl groups is 1. The average molecular weight is 229 g/mol. The van der Waals surface area contributed by atoms with Gasteiger partial charge in [0, 0.05) is 25.6 Å². The smallest absolute Gasteiger partial charge is 0.248 e. The Kier molecular flexibility index (Phi) is 5.77. The first-order valence-electron chi connectivity index (χ1n) is 6.18. The number of rotatable bonds is 5.